The molecule has 0 unspecified atom stereocenters. The molecule has 0 fully saturated rings. The number of halogens is 5. The number of anilines is 3. The number of aryl methyl sites for hydroxylation is 1. The molecule has 4 aromatic rings. The van der Waals surface area contributed by atoms with E-state index in [1.165, 1.54) is 46.2 Å². The molecule has 1 aliphatic heterocycles. The maximum atomic E-state index is 13.7. The van der Waals surface area contributed by atoms with E-state index in [9.17, 15) is 26.7 Å². The van der Waals surface area contributed by atoms with Crippen molar-refractivity contribution in [3.8, 4) is 11.6 Å². The lowest BCUT2D eigenvalue weighted by atomic mass is 10.1. The number of alkyl halides is 5. The maximum Gasteiger partial charge on any atom is 0.422 e. The molecule has 0 aliphatic carbocycles. The predicted molar refractivity (Wildman–Crippen MR) is 123 cm³/mol. The van der Waals surface area contributed by atoms with E-state index in [2.05, 4.69) is 14.8 Å². The predicted octanol–water partition coefficient (Wildman–Crippen LogP) is 5.79. The van der Waals surface area contributed by atoms with E-state index in [-0.39, 0.29) is 29.7 Å². The van der Waals surface area contributed by atoms with Crippen LogP contribution in [0, 0.1) is 0 Å². The van der Waals surface area contributed by atoms with Crippen molar-refractivity contribution in [2.45, 2.75) is 19.3 Å². The lowest BCUT2D eigenvalue weighted by molar-refractivity contribution is -0.154. The van der Waals surface area contributed by atoms with E-state index >= 15 is 0 Å². The molecule has 13 heteroatoms. The van der Waals surface area contributed by atoms with Crippen molar-refractivity contribution in [2.24, 2.45) is 7.05 Å². The van der Waals surface area contributed by atoms with Crippen molar-refractivity contribution in [3.05, 3.63) is 66.4 Å². The van der Waals surface area contributed by atoms with Crippen LogP contribution < -0.4 is 19.3 Å². The number of carbonyl (C=O) groups excluding carboxylic acids is 1. The first-order valence-electron chi connectivity index (χ1n) is 10.9. The van der Waals surface area contributed by atoms with Crippen LogP contribution in [-0.2, 0) is 13.6 Å². The lowest BCUT2D eigenvalue weighted by Crippen LogP contribution is -2.45. The summed E-state index contributed by atoms with van der Waals surface area (Å²) in [6, 6.07) is 12.8. The Labute approximate surface area is 206 Å². The summed E-state index contributed by atoms with van der Waals surface area (Å²) in [4.78, 5) is 20.6. The molecule has 2 aromatic heterocycles. The number of aromatic nitrogens is 3. The van der Waals surface area contributed by atoms with Gasteiger partial charge in [-0.2, -0.15) is 32.0 Å². The van der Waals surface area contributed by atoms with Crippen LogP contribution in [0.4, 0.5) is 43.9 Å². The van der Waals surface area contributed by atoms with Crippen molar-refractivity contribution in [1.82, 2.24) is 14.8 Å². The monoisotopic (exact) mass is 519 g/mol. The van der Waals surface area contributed by atoms with Gasteiger partial charge in [-0.3, -0.25) is 9.58 Å². The molecule has 0 radical (unpaired) electrons. The van der Waals surface area contributed by atoms with E-state index in [0.29, 0.717) is 11.3 Å². The Kier molecular flexibility index (Phi) is 6.05. The topological polar surface area (TPSA) is 72.7 Å². The van der Waals surface area contributed by atoms with Gasteiger partial charge in [0.05, 0.1) is 17.7 Å². The fraction of sp³-hybridized carbons (Fsp3) is 0.208. The van der Waals surface area contributed by atoms with Crippen LogP contribution in [0.1, 0.15) is 5.56 Å². The molecule has 2 aromatic carbocycles. The molecule has 1 aliphatic rings. The van der Waals surface area contributed by atoms with Gasteiger partial charge in [0.25, 0.3) is 0 Å². The number of hydrogen-bond acceptors (Lipinski definition) is 5. The minimum Gasteiger partial charge on any atom is -0.468 e. The number of fused-ring (bicyclic) bond motifs is 2. The smallest absolute Gasteiger partial charge is 0.422 e. The molecule has 0 atom stereocenters. The first kappa shape index (κ1) is 24.3. The average Bonchev–Trinajstić information content (AvgIpc) is 3.21. The highest BCUT2D eigenvalue weighted by Crippen LogP contribution is 2.38. The quantitative estimate of drug-likeness (QED) is 0.302. The van der Waals surface area contributed by atoms with E-state index in [1.807, 2.05) is 0 Å². The zero-order valence-corrected chi connectivity index (χ0v) is 19.1. The van der Waals surface area contributed by atoms with Crippen molar-refractivity contribution < 1.29 is 36.2 Å². The van der Waals surface area contributed by atoms with Gasteiger partial charge in [-0.05, 0) is 48.5 Å². The zero-order chi connectivity index (χ0) is 26.3. The number of rotatable bonds is 6. The molecule has 3 heterocycles. The molecule has 192 valence electrons. The number of urea groups is 1. The molecule has 5 rings (SSSR count). The minimum atomic E-state index is -4.57. The van der Waals surface area contributed by atoms with Crippen LogP contribution >= 0.6 is 0 Å². The second-order valence-electron chi connectivity index (χ2n) is 8.16. The third-order valence-corrected chi connectivity index (χ3v) is 5.51. The van der Waals surface area contributed by atoms with Crippen LogP contribution in [0.3, 0.4) is 0 Å². The molecular weight excluding hydrogens is 501 g/mol. The third-order valence-electron chi connectivity index (χ3n) is 5.51. The third kappa shape index (κ3) is 5.10. The molecule has 0 N–H and O–H groups in total. The van der Waals surface area contributed by atoms with Crippen LogP contribution in [-0.4, -0.2) is 40.2 Å². The van der Waals surface area contributed by atoms with E-state index in [1.54, 1.807) is 36.1 Å². The zero-order valence-electron chi connectivity index (χ0n) is 19.1. The van der Waals surface area contributed by atoms with Crippen LogP contribution in [0.2, 0.25) is 0 Å². The minimum absolute atomic E-state index is 0.0610. The number of ether oxygens (including phenoxy) is 2. The average molecular weight is 519 g/mol. The normalized spacial score (nSPS) is 13.9. The van der Waals surface area contributed by atoms with E-state index in [4.69, 9.17) is 4.74 Å². The van der Waals surface area contributed by atoms with Gasteiger partial charge in [0, 0.05) is 35.9 Å². The van der Waals surface area contributed by atoms with E-state index in [0.717, 1.165) is 10.9 Å². The number of benzene rings is 2. The number of nitrogens with zero attached hydrogens (tertiary/aromatic N) is 5. The van der Waals surface area contributed by atoms with Gasteiger partial charge < -0.3 is 9.47 Å². The summed E-state index contributed by atoms with van der Waals surface area (Å²) in [5.74, 6) is -0.389. The molecule has 0 spiro atoms. The second kappa shape index (κ2) is 9.22. The summed E-state index contributed by atoms with van der Waals surface area (Å²) in [6.07, 6.45) is -2.78. The first-order chi connectivity index (χ1) is 17.6. The van der Waals surface area contributed by atoms with Gasteiger partial charge in [0.15, 0.2) is 6.61 Å². The highest BCUT2D eigenvalue weighted by atomic mass is 19.4. The summed E-state index contributed by atoms with van der Waals surface area (Å²) in [7, 11) is 1.77. The Morgan fingerprint density at radius 3 is 2.46 bits per heavy atom. The molecule has 0 saturated carbocycles. The van der Waals surface area contributed by atoms with Gasteiger partial charge >= 0.3 is 18.8 Å². The highest BCUT2D eigenvalue weighted by Gasteiger charge is 2.35. The summed E-state index contributed by atoms with van der Waals surface area (Å²) < 4.78 is 74.0. The summed E-state index contributed by atoms with van der Waals surface area (Å²) in [6.45, 7) is -4.50. The van der Waals surface area contributed by atoms with Crippen LogP contribution in [0.15, 0.2) is 60.8 Å². The standard InChI is InChI=1S/C24H18F5N5O3/c1-32-11-15-10-17(5-8-19(15)31-32)33-12-14-2-9-20(36-13-24(27,28)29)30-21(14)34(23(33)35)16-3-6-18(7-4-16)37-22(25)26/h2-11,22H,12-13H2,1H3. The van der Waals surface area contributed by atoms with E-state index < -0.39 is 25.4 Å². The number of hydrogen-bond donors (Lipinski definition) is 0. The summed E-state index contributed by atoms with van der Waals surface area (Å²) in [5.41, 5.74) is 2.05. The van der Waals surface area contributed by atoms with Crippen molar-refractivity contribution in [3.63, 3.8) is 0 Å². The summed E-state index contributed by atoms with van der Waals surface area (Å²) >= 11 is 0. The van der Waals surface area contributed by atoms with Crippen molar-refractivity contribution in [1.29, 1.82) is 0 Å². The largest absolute Gasteiger partial charge is 0.468 e. The van der Waals surface area contributed by atoms with Crippen molar-refractivity contribution in [2.75, 3.05) is 16.4 Å². The molecule has 8 nitrogen and oxygen atoms in total. The Balaban J connectivity index is 1.56. The first-order valence-corrected chi connectivity index (χ1v) is 10.9. The fourth-order valence-corrected chi connectivity index (χ4v) is 3.98. The van der Waals surface area contributed by atoms with Gasteiger partial charge in [0.1, 0.15) is 11.6 Å². The number of pyridine rings is 1. The number of carbonyl (C=O) groups is 1. The number of amides is 2. The Hall–Kier alpha value is -4.42. The Morgan fingerprint density at radius 2 is 1.76 bits per heavy atom. The lowest BCUT2D eigenvalue weighted by Gasteiger charge is -2.36. The molecule has 37 heavy (non-hydrogen) atoms. The highest BCUT2D eigenvalue weighted by molar-refractivity contribution is 6.10. The van der Waals surface area contributed by atoms with Gasteiger partial charge in [-0.25, -0.2) is 9.69 Å². The second-order valence-corrected chi connectivity index (χ2v) is 8.16. The molecular formula is C24H18F5N5O3. The Morgan fingerprint density at radius 1 is 1.03 bits per heavy atom. The molecule has 0 bridgehead atoms. The van der Waals surface area contributed by atoms with Gasteiger partial charge in [0.2, 0.25) is 5.88 Å². The van der Waals surface area contributed by atoms with Crippen molar-refractivity contribution >= 4 is 34.1 Å². The molecule has 2 amide bonds. The molecule has 0 saturated heterocycles. The Bertz CT molecular complexity index is 1460. The SMILES string of the molecule is Cn1cc2cc(N3Cc4ccc(OCC(F)(F)F)nc4N(c4ccc(OC(F)F)cc4)C3=O)ccc2n1. The fourth-order valence-electron chi connectivity index (χ4n) is 3.98. The van der Waals surface area contributed by atoms with Gasteiger partial charge in [-0.1, -0.05) is 0 Å². The van der Waals surface area contributed by atoms with Crippen LogP contribution in [0.5, 0.6) is 11.6 Å². The maximum absolute atomic E-state index is 13.7. The summed E-state index contributed by atoms with van der Waals surface area (Å²) in [5, 5.41) is 5.12. The van der Waals surface area contributed by atoms with Crippen LogP contribution in [0.25, 0.3) is 10.9 Å². The van der Waals surface area contributed by atoms with Gasteiger partial charge in [-0.15, -0.1) is 0 Å².